The molecule has 3 nitrogen and oxygen atoms in total. The Kier molecular flexibility index (Phi) is 6.86. The van der Waals surface area contributed by atoms with Gasteiger partial charge in [0.25, 0.3) is 0 Å². The Labute approximate surface area is 104 Å². The van der Waals surface area contributed by atoms with Gasteiger partial charge in [0.1, 0.15) is 0 Å². The summed E-state index contributed by atoms with van der Waals surface area (Å²) in [5.41, 5.74) is 1.13. The molecule has 0 aliphatic carbocycles. The van der Waals surface area contributed by atoms with Gasteiger partial charge < -0.3 is 15.2 Å². The Morgan fingerprint density at radius 1 is 1.18 bits per heavy atom. The SMILES string of the molecule is CC(C)CNCC(O)COCc1ccccc1. The lowest BCUT2D eigenvalue weighted by Gasteiger charge is -2.13. The monoisotopic (exact) mass is 237 g/mol. The average Bonchev–Trinajstić information content (AvgIpc) is 2.30. The summed E-state index contributed by atoms with van der Waals surface area (Å²) in [6.45, 7) is 6.74. The van der Waals surface area contributed by atoms with E-state index in [4.69, 9.17) is 4.74 Å². The molecule has 0 aliphatic rings. The highest BCUT2D eigenvalue weighted by Gasteiger charge is 2.04. The minimum absolute atomic E-state index is 0.375. The van der Waals surface area contributed by atoms with Crippen LogP contribution in [0.15, 0.2) is 30.3 Å². The quantitative estimate of drug-likeness (QED) is 0.724. The van der Waals surface area contributed by atoms with Crippen molar-refractivity contribution in [3.05, 3.63) is 35.9 Å². The molecule has 0 bridgehead atoms. The third-order valence-electron chi connectivity index (χ3n) is 2.35. The molecule has 1 unspecified atom stereocenters. The van der Waals surface area contributed by atoms with Crippen molar-refractivity contribution in [3.63, 3.8) is 0 Å². The molecule has 3 heteroatoms. The van der Waals surface area contributed by atoms with Gasteiger partial charge in [-0.2, -0.15) is 0 Å². The van der Waals surface area contributed by atoms with Crippen LogP contribution >= 0.6 is 0 Å². The van der Waals surface area contributed by atoms with Crippen molar-refractivity contribution in [3.8, 4) is 0 Å². The van der Waals surface area contributed by atoms with E-state index < -0.39 is 6.10 Å². The van der Waals surface area contributed by atoms with Gasteiger partial charge in [-0.25, -0.2) is 0 Å². The molecule has 0 fully saturated rings. The van der Waals surface area contributed by atoms with Crippen molar-refractivity contribution in [1.29, 1.82) is 0 Å². The third kappa shape index (κ3) is 7.10. The second-order valence-electron chi connectivity index (χ2n) is 4.71. The van der Waals surface area contributed by atoms with E-state index in [1.807, 2.05) is 30.3 Å². The van der Waals surface area contributed by atoms with E-state index in [0.717, 1.165) is 12.1 Å². The highest BCUT2D eigenvalue weighted by atomic mass is 16.5. The van der Waals surface area contributed by atoms with Crippen molar-refractivity contribution in [2.45, 2.75) is 26.6 Å². The van der Waals surface area contributed by atoms with E-state index >= 15 is 0 Å². The van der Waals surface area contributed by atoms with Crippen LogP contribution in [0.3, 0.4) is 0 Å². The lowest BCUT2D eigenvalue weighted by atomic mass is 10.2. The van der Waals surface area contributed by atoms with Crippen LogP contribution in [-0.2, 0) is 11.3 Å². The molecule has 2 N–H and O–H groups in total. The first kappa shape index (κ1) is 14.2. The lowest BCUT2D eigenvalue weighted by molar-refractivity contribution is 0.0286. The number of nitrogens with one attached hydrogen (secondary N) is 1. The number of aliphatic hydroxyl groups is 1. The molecule has 0 heterocycles. The molecule has 96 valence electrons. The van der Waals surface area contributed by atoms with E-state index in [-0.39, 0.29) is 0 Å². The molecule has 1 atom stereocenters. The molecule has 1 aromatic rings. The summed E-state index contributed by atoms with van der Waals surface area (Å²) >= 11 is 0. The first-order valence-electron chi connectivity index (χ1n) is 6.19. The third-order valence-corrected chi connectivity index (χ3v) is 2.35. The Balaban J connectivity index is 2.06. The van der Waals surface area contributed by atoms with Gasteiger partial charge in [-0.1, -0.05) is 44.2 Å². The average molecular weight is 237 g/mol. The van der Waals surface area contributed by atoms with E-state index in [2.05, 4.69) is 19.2 Å². The zero-order valence-corrected chi connectivity index (χ0v) is 10.7. The van der Waals surface area contributed by atoms with Crippen LogP contribution in [0.25, 0.3) is 0 Å². The van der Waals surface area contributed by atoms with Crippen molar-refractivity contribution < 1.29 is 9.84 Å². The molecule has 0 amide bonds. The number of ether oxygens (including phenoxy) is 1. The van der Waals surface area contributed by atoms with E-state index in [9.17, 15) is 5.11 Å². The summed E-state index contributed by atoms with van der Waals surface area (Å²) in [6, 6.07) is 9.99. The molecule has 1 rings (SSSR count). The Bertz CT molecular complexity index is 288. The molecule has 0 saturated carbocycles. The molecule has 0 radical (unpaired) electrons. The fraction of sp³-hybridized carbons (Fsp3) is 0.571. The van der Waals surface area contributed by atoms with E-state index in [1.54, 1.807) is 0 Å². The normalized spacial score (nSPS) is 12.9. The second-order valence-corrected chi connectivity index (χ2v) is 4.71. The highest BCUT2D eigenvalue weighted by molar-refractivity contribution is 5.13. The van der Waals surface area contributed by atoms with E-state index in [1.165, 1.54) is 0 Å². The van der Waals surface area contributed by atoms with Crippen LogP contribution in [0, 0.1) is 5.92 Å². The molecule has 0 aliphatic heterocycles. The van der Waals surface area contributed by atoms with E-state index in [0.29, 0.717) is 25.7 Å². The van der Waals surface area contributed by atoms with Gasteiger partial charge in [0.15, 0.2) is 0 Å². The van der Waals surface area contributed by atoms with Crippen LogP contribution in [0.2, 0.25) is 0 Å². The summed E-state index contributed by atoms with van der Waals surface area (Å²) in [5.74, 6) is 0.604. The summed E-state index contributed by atoms with van der Waals surface area (Å²) in [7, 11) is 0. The molecule has 0 spiro atoms. The van der Waals surface area contributed by atoms with Gasteiger partial charge in [0.05, 0.1) is 19.3 Å². The van der Waals surface area contributed by atoms with Gasteiger partial charge >= 0.3 is 0 Å². The van der Waals surface area contributed by atoms with Crippen LogP contribution in [-0.4, -0.2) is 30.9 Å². The van der Waals surface area contributed by atoms with Crippen LogP contribution < -0.4 is 5.32 Å². The summed E-state index contributed by atoms with van der Waals surface area (Å²) in [5, 5.41) is 12.9. The predicted octanol–water partition coefficient (Wildman–Crippen LogP) is 1.81. The topological polar surface area (TPSA) is 41.5 Å². The fourth-order valence-corrected chi connectivity index (χ4v) is 1.48. The zero-order valence-electron chi connectivity index (χ0n) is 10.7. The molecular formula is C14H23NO2. The minimum atomic E-state index is -0.433. The van der Waals surface area contributed by atoms with Gasteiger partial charge in [0.2, 0.25) is 0 Å². The van der Waals surface area contributed by atoms with Gasteiger partial charge in [-0.05, 0) is 18.0 Å². The number of hydrogen-bond donors (Lipinski definition) is 2. The van der Waals surface area contributed by atoms with Gasteiger partial charge in [-0.3, -0.25) is 0 Å². The molecule has 0 saturated heterocycles. The molecule has 17 heavy (non-hydrogen) atoms. The summed E-state index contributed by atoms with van der Waals surface area (Å²) < 4.78 is 5.45. The van der Waals surface area contributed by atoms with Gasteiger partial charge in [0, 0.05) is 6.54 Å². The standard InChI is InChI=1S/C14H23NO2/c1-12(2)8-15-9-14(16)11-17-10-13-6-4-3-5-7-13/h3-7,12,14-16H,8-11H2,1-2H3. The van der Waals surface area contributed by atoms with Crippen LogP contribution in [0.4, 0.5) is 0 Å². The number of benzene rings is 1. The van der Waals surface area contributed by atoms with Crippen molar-refractivity contribution in [1.82, 2.24) is 5.32 Å². The Morgan fingerprint density at radius 2 is 1.88 bits per heavy atom. The maximum Gasteiger partial charge on any atom is 0.0897 e. The lowest BCUT2D eigenvalue weighted by Crippen LogP contribution is -2.32. The molecular weight excluding hydrogens is 214 g/mol. The molecule has 1 aromatic carbocycles. The summed E-state index contributed by atoms with van der Waals surface area (Å²) in [6.07, 6.45) is -0.433. The van der Waals surface area contributed by atoms with Crippen molar-refractivity contribution in [2.24, 2.45) is 5.92 Å². The maximum atomic E-state index is 9.65. The van der Waals surface area contributed by atoms with Crippen molar-refractivity contribution in [2.75, 3.05) is 19.7 Å². The van der Waals surface area contributed by atoms with Crippen LogP contribution in [0.1, 0.15) is 19.4 Å². The van der Waals surface area contributed by atoms with Crippen molar-refractivity contribution >= 4 is 0 Å². The van der Waals surface area contributed by atoms with Crippen LogP contribution in [0.5, 0.6) is 0 Å². The highest BCUT2D eigenvalue weighted by Crippen LogP contribution is 2.00. The minimum Gasteiger partial charge on any atom is -0.389 e. The first-order chi connectivity index (χ1) is 8.18. The second kappa shape index (κ2) is 8.23. The number of hydrogen-bond acceptors (Lipinski definition) is 3. The molecule has 0 aromatic heterocycles. The fourth-order valence-electron chi connectivity index (χ4n) is 1.48. The number of aliphatic hydroxyl groups excluding tert-OH is 1. The summed E-state index contributed by atoms with van der Waals surface area (Å²) in [4.78, 5) is 0. The Morgan fingerprint density at radius 3 is 2.53 bits per heavy atom. The number of rotatable bonds is 8. The van der Waals surface area contributed by atoms with Gasteiger partial charge in [-0.15, -0.1) is 0 Å². The zero-order chi connectivity index (χ0) is 12.5. The largest absolute Gasteiger partial charge is 0.389 e. The Hall–Kier alpha value is -0.900. The predicted molar refractivity (Wildman–Crippen MR) is 69.8 cm³/mol. The smallest absolute Gasteiger partial charge is 0.0897 e. The first-order valence-corrected chi connectivity index (χ1v) is 6.19. The maximum absolute atomic E-state index is 9.65.